The minimum atomic E-state index is -1.57. The molecular formula is C46H85NO8. The van der Waals surface area contributed by atoms with E-state index in [9.17, 15) is 30.3 Å². The van der Waals surface area contributed by atoms with E-state index in [1.807, 2.05) is 6.08 Å². The number of carbonyl (C=O) groups is 1. The predicted octanol–water partition coefficient (Wildman–Crippen LogP) is 9.28. The lowest BCUT2D eigenvalue weighted by molar-refractivity contribution is -0.302. The molecule has 7 atom stereocenters. The van der Waals surface area contributed by atoms with E-state index in [0.29, 0.717) is 6.42 Å². The van der Waals surface area contributed by atoms with Gasteiger partial charge >= 0.3 is 0 Å². The van der Waals surface area contributed by atoms with Crippen LogP contribution in [-0.4, -0.2) is 87.5 Å². The van der Waals surface area contributed by atoms with E-state index < -0.39 is 49.5 Å². The van der Waals surface area contributed by atoms with Crippen molar-refractivity contribution in [2.75, 3.05) is 13.2 Å². The molecule has 1 aliphatic rings. The first-order valence-electron chi connectivity index (χ1n) is 22.7. The fourth-order valence-corrected chi connectivity index (χ4v) is 7.03. The predicted molar refractivity (Wildman–Crippen MR) is 226 cm³/mol. The van der Waals surface area contributed by atoms with Gasteiger partial charge in [0.25, 0.3) is 0 Å². The summed E-state index contributed by atoms with van der Waals surface area (Å²) < 4.78 is 11.2. The molecule has 6 N–H and O–H groups in total. The monoisotopic (exact) mass is 780 g/mol. The van der Waals surface area contributed by atoms with Gasteiger partial charge in [-0.15, -0.1) is 0 Å². The number of aliphatic hydroxyl groups excluding tert-OH is 5. The van der Waals surface area contributed by atoms with Gasteiger partial charge in [-0.3, -0.25) is 4.79 Å². The van der Waals surface area contributed by atoms with Crippen LogP contribution in [0.2, 0.25) is 0 Å². The highest BCUT2D eigenvalue weighted by atomic mass is 16.7. The number of ether oxygens (including phenoxy) is 2. The Bertz CT molecular complexity index is 956. The summed E-state index contributed by atoms with van der Waals surface area (Å²) in [6.45, 7) is 3.73. The number of hydrogen-bond donors (Lipinski definition) is 6. The lowest BCUT2D eigenvalue weighted by atomic mass is 9.99. The van der Waals surface area contributed by atoms with Crippen molar-refractivity contribution in [1.29, 1.82) is 0 Å². The Hall–Kier alpha value is -1.59. The average molecular weight is 780 g/mol. The summed E-state index contributed by atoms with van der Waals surface area (Å²) in [5, 5.41) is 54.1. The molecule has 1 amide bonds. The molecule has 0 saturated carbocycles. The maximum Gasteiger partial charge on any atom is 0.220 e. The molecular weight excluding hydrogens is 695 g/mol. The highest BCUT2D eigenvalue weighted by Gasteiger charge is 2.44. The van der Waals surface area contributed by atoms with Crippen LogP contribution in [0.3, 0.4) is 0 Å². The van der Waals surface area contributed by atoms with Crippen molar-refractivity contribution in [3.63, 3.8) is 0 Å². The number of allylic oxidation sites excluding steroid dienone is 5. The largest absolute Gasteiger partial charge is 0.394 e. The highest BCUT2D eigenvalue weighted by molar-refractivity contribution is 5.76. The van der Waals surface area contributed by atoms with E-state index in [1.165, 1.54) is 128 Å². The molecule has 0 aromatic heterocycles. The van der Waals surface area contributed by atoms with Gasteiger partial charge in [0.1, 0.15) is 24.4 Å². The van der Waals surface area contributed by atoms with Crippen molar-refractivity contribution in [2.45, 2.75) is 236 Å². The van der Waals surface area contributed by atoms with Crippen LogP contribution in [0.1, 0.15) is 194 Å². The minimum absolute atomic E-state index is 0.182. The van der Waals surface area contributed by atoms with Crippen LogP contribution in [0.5, 0.6) is 0 Å². The molecule has 322 valence electrons. The minimum Gasteiger partial charge on any atom is -0.394 e. The summed E-state index contributed by atoms with van der Waals surface area (Å²) in [6, 6.07) is -0.804. The van der Waals surface area contributed by atoms with Crippen LogP contribution in [0, 0.1) is 0 Å². The number of carbonyl (C=O) groups excluding carboxylic acids is 1. The maximum absolute atomic E-state index is 12.9. The van der Waals surface area contributed by atoms with E-state index >= 15 is 0 Å². The van der Waals surface area contributed by atoms with Gasteiger partial charge in [0.2, 0.25) is 5.91 Å². The zero-order chi connectivity index (χ0) is 40.2. The smallest absolute Gasteiger partial charge is 0.220 e. The molecule has 1 rings (SSSR count). The van der Waals surface area contributed by atoms with Crippen LogP contribution < -0.4 is 5.32 Å². The highest BCUT2D eigenvalue weighted by Crippen LogP contribution is 2.22. The second-order valence-corrected chi connectivity index (χ2v) is 15.9. The van der Waals surface area contributed by atoms with Gasteiger partial charge in [0.15, 0.2) is 6.29 Å². The first-order chi connectivity index (χ1) is 26.8. The van der Waals surface area contributed by atoms with Gasteiger partial charge in [-0.25, -0.2) is 0 Å². The Kier molecular flexibility index (Phi) is 34.3. The summed E-state index contributed by atoms with van der Waals surface area (Å²) >= 11 is 0. The van der Waals surface area contributed by atoms with Crippen molar-refractivity contribution >= 4 is 5.91 Å². The fraction of sp³-hybridized carbons (Fsp3) is 0.848. The first-order valence-corrected chi connectivity index (χ1v) is 22.7. The van der Waals surface area contributed by atoms with Gasteiger partial charge in [0.05, 0.1) is 25.4 Å². The summed E-state index contributed by atoms with van der Waals surface area (Å²) in [5.74, 6) is -0.182. The molecule has 0 aromatic rings. The topological polar surface area (TPSA) is 149 Å². The lowest BCUT2D eigenvalue weighted by Crippen LogP contribution is -2.60. The third-order valence-electron chi connectivity index (χ3n) is 10.7. The standard InChI is InChI=1S/C46H85NO8/c1-3-5-7-9-11-13-15-17-18-19-20-21-22-24-26-28-30-32-34-36-42(50)47-39(38-54-46-45(53)44(52)43(51)41(37-48)55-46)40(49)35-33-31-29-27-25-23-16-14-12-10-8-6-4-2/h11,13,15,17,33,35,39-41,43-46,48-49,51-53H,3-10,12,14,16,18-32,34,36-38H2,1-2H3,(H,47,50)/b13-11-,17-15-,35-33+. The molecule has 0 bridgehead atoms. The Morgan fingerprint density at radius 1 is 0.618 bits per heavy atom. The molecule has 1 heterocycles. The van der Waals surface area contributed by atoms with Crippen molar-refractivity contribution in [1.82, 2.24) is 5.32 Å². The quantitative estimate of drug-likeness (QED) is 0.0208. The zero-order valence-corrected chi connectivity index (χ0v) is 35.2. The number of unbranched alkanes of at least 4 members (excludes halogenated alkanes) is 24. The second-order valence-electron chi connectivity index (χ2n) is 15.9. The van der Waals surface area contributed by atoms with Gasteiger partial charge < -0.3 is 40.3 Å². The maximum atomic E-state index is 12.9. The molecule has 1 saturated heterocycles. The molecule has 0 aromatic carbocycles. The molecule has 1 fully saturated rings. The van der Waals surface area contributed by atoms with Crippen LogP contribution in [0.15, 0.2) is 36.5 Å². The normalized spacial score (nSPS) is 21.6. The molecule has 0 spiro atoms. The molecule has 9 heteroatoms. The summed E-state index contributed by atoms with van der Waals surface area (Å²) in [6.07, 6.45) is 37.5. The van der Waals surface area contributed by atoms with Crippen LogP contribution in [0.4, 0.5) is 0 Å². The molecule has 0 aliphatic carbocycles. The SMILES string of the molecule is CCCCC/C=C\C=C/CCCCCCCCCCCCC(=O)NC(COC1OC(CO)C(O)C(O)C1O)C(O)/C=C/CCCCCCCCCCCCC. The number of amides is 1. The van der Waals surface area contributed by atoms with Crippen LogP contribution >= 0.6 is 0 Å². The third kappa shape index (κ3) is 27.6. The Morgan fingerprint density at radius 2 is 1.05 bits per heavy atom. The van der Waals surface area contributed by atoms with Crippen molar-refractivity contribution in [3.05, 3.63) is 36.5 Å². The second kappa shape index (κ2) is 36.7. The molecule has 9 nitrogen and oxygen atoms in total. The van der Waals surface area contributed by atoms with Crippen LogP contribution in [-0.2, 0) is 14.3 Å². The number of nitrogens with one attached hydrogen (secondary N) is 1. The number of hydrogen-bond acceptors (Lipinski definition) is 8. The molecule has 0 radical (unpaired) electrons. The molecule has 55 heavy (non-hydrogen) atoms. The summed E-state index contributed by atoms with van der Waals surface area (Å²) in [4.78, 5) is 12.9. The van der Waals surface area contributed by atoms with E-state index in [4.69, 9.17) is 9.47 Å². The molecule has 7 unspecified atom stereocenters. The fourth-order valence-electron chi connectivity index (χ4n) is 7.03. The number of aliphatic hydroxyl groups is 5. The Morgan fingerprint density at radius 3 is 1.56 bits per heavy atom. The third-order valence-corrected chi connectivity index (χ3v) is 10.7. The van der Waals surface area contributed by atoms with Gasteiger partial charge in [-0.2, -0.15) is 0 Å². The zero-order valence-electron chi connectivity index (χ0n) is 35.2. The van der Waals surface area contributed by atoms with E-state index in [1.54, 1.807) is 6.08 Å². The first kappa shape index (κ1) is 51.4. The van der Waals surface area contributed by atoms with Crippen molar-refractivity contribution < 1.29 is 39.8 Å². The summed E-state index contributed by atoms with van der Waals surface area (Å²) in [5.41, 5.74) is 0. The van der Waals surface area contributed by atoms with Crippen molar-refractivity contribution in [3.8, 4) is 0 Å². The molecule has 1 aliphatic heterocycles. The van der Waals surface area contributed by atoms with Crippen LogP contribution in [0.25, 0.3) is 0 Å². The summed E-state index contributed by atoms with van der Waals surface area (Å²) in [7, 11) is 0. The lowest BCUT2D eigenvalue weighted by Gasteiger charge is -2.40. The van der Waals surface area contributed by atoms with Gasteiger partial charge in [-0.05, 0) is 44.9 Å². The van der Waals surface area contributed by atoms with E-state index in [2.05, 4.69) is 43.5 Å². The Balaban J connectivity index is 2.35. The average Bonchev–Trinajstić information content (AvgIpc) is 3.18. The van der Waals surface area contributed by atoms with Gasteiger partial charge in [-0.1, -0.05) is 179 Å². The Labute approximate surface area is 336 Å². The van der Waals surface area contributed by atoms with Gasteiger partial charge in [0, 0.05) is 6.42 Å². The number of rotatable bonds is 37. The van der Waals surface area contributed by atoms with Crippen molar-refractivity contribution in [2.24, 2.45) is 0 Å². The van der Waals surface area contributed by atoms with E-state index in [0.717, 1.165) is 44.9 Å². The van der Waals surface area contributed by atoms with E-state index in [-0.39, 0.29) is 12.5 Å².